The van der Waals surface area contributed by atoms with E-state index in [9.17, 15) is 0 Å². The summed E-state index contributed by atoms with van der Waals surface area (Å²) in [5, 5.41) is 9.72. The Labute approximate surface area is 325 Å². The Bertz CT molecular complexity index is 3020. The van der Waals surface area contributed by atoms with E-state index in [0.717, 1.165) is 24.5 Å². The van der Waals surface area contributed by atoms with Crippen molar-refractivity contribution in [1.82, 2.24) is 24.7 Å². The molecule has 3 unspecified atom stereocenters. The molecule has 10 aromatic rings. The maximum Gasteiger partial charge on any atom is 0.132 e. The predicted molar refractivity (Wildman–Crippen MR) is 230 cm³/mol. The minimum absolute atomic E-state index is 0.123. The molecule has 0 amide bonds. The first-order chi connectivity index (χ1) is 27.8. The summed E-state index contributed by atoms with van der Waals surface area (Å²) in [6.07, 6.45) is 0.123. The Hall–Kier alpha value is -6.76. The normalized spacial score (nSPS) is 16.6. The molecule has 0 radical (unpaired) electrons. The smallest absolute Gasteiger partial charge is 0.132 e. The zero-order chi connectivity index (χ0) is 37.0. The molecule has 1 aliphatic heterocycles. The summed E-state index contributed by atoms with van der Waals surface area (Å²) in [6, 6.07) is 72.5. The van der Waals surface area contributed by atoms with Gasteiger partial charge in [-0.25, -0.2) is 5.43 Å². The molecule has 2 aromatic heterocycles. The van der Waals surface area contributed by atoms with E-state index in [2.05, 4.69) is 225 Å². The molecule has 5 heteroatoms. The van der Waals surface area contributed by atoms with Crippen LogP contribution in [0.1, 0.15) is 22.9 Å². The van der Waals surface area contributed by atoms with Crippen LogP contribution in [0.2, 0.25) is 0 Å². The van der Waals surface area contributed by atoms with Crippen LogP contribution >= 0.6 is 0 Å². The second-order valence-corrected chi connectivity index (χ2v) is 14.7. The first kappa shape index (κ1) is 32.7. The van der Waals surface area contributed by atoms with Gasteiger partial charge in [0.1, 0.15) is 6.17 Å². The van der Waals surface area contributed by atoms with E-state index in [1.54, 1.807) is 0 Å². The van der Waals surface area contributed by atoms with Crippen molar-refractivity contribution in [3.63, 3.8) is 0 Å². The molecule has 268 valence electrons. The highest BCUT2D eigenvalue weighted by Gasteiger charge is 2.46. The summed E-state index contributed by atoms with van der Waals surface area (Å²) in [4.78, 5) is 0. The highest BCUT2D eigenvalue weighted by atomic mass is 16.0. The largest absolute Gasteiger partial charge is 0.309 e. The topological polar surface area (TPSA) is 27.9 Å². The molecule has 0 bridgehead atoms. The monoisotopic (exact) mass is 721 g/mol. The highest BCUT2D eigenvalue weighted by molar-refractivity contribution is 6.19. The van der Waals surface area contributed by atoms with Gasteiger partial charge in [0, 0.05) is 46.0 Å². The van der Waals surface area contributed by atoms with Gasteiger partial charge >= 0.3 is 0 Å². The molecule has 11 rings (SSSR count). The molecule has 56 heavy (non-hydrogen) atoms. The molecule has 0 spiro atoms. The third-order valence-electron chi connectivity index (χ3n) is 11.3. The lowest BCUT2D eigenvalue weighted by molar-refractivity contribution is 0.221. The van der Waals surface area contributed by atoms with Crippen molar-refractivity contribution in [2.45, 2.75) is 19.3 Å². The van der Waals surface area contributed by atoms with Crippen LogP contribution in [0.25, 0.3) is 66.1 Å². The average Bonchev–Trinajstić information content (AvgIpc) is 3.70. The Balaban J connectivity index is 1.00. The lowest BCUT2D eigenvalue weighted by Gasteiger charge is -2.12. The summed E-state index contributed by atoms with van der Waals surface area (Å²) in [7, 11) is 0. The summed E-state index contributed by atoms with van der Waals surface area (Å²) >= 11 is 0. The minimum atomic E-state index is 0.123. The molecule has 3 heterocycles. The quantitative estimate of drug-likeness (QED) is 0.150. The van der Waals surface area contributed by atoms with E-state index in [-0.39, 0.29) is 6.17 Å². The fourth-order valence-corrected chi connectivity index (χ4v) is 8.67. The number of hydrogen-bond acceptors (Lipinski definition) is 3. The second-order valence-electron chi connectivity index (χ2n) is 14.7. The standard InChI is InChI=1S/C51H39N5/c1-4-16-36(17-5-1)34-52-56-51(53(56)35-37-18-6-2-7-19-37)40-22-14-20-38(30-40)39-21-15-25-42(31-39)55-48-29-13-11-27-44(48)46-32-45-43-26-10-12-28-47(43)54(49(45)33-50(46)55)41-23-8-3-9-24-41/h1-33,51-52H,34-35H2. The molecule has 0 saturated carbocycles. The van der Waals surface area contributed by atoms with Crippen LogP contribution in [0.15, 0.2) is 200 Å². The van der Waals surface area contributed by atoms with Crippen molar-refractivity contribution < 1.29 is 0 Å². The zero-order valence-corrected chi connectivity index (χ0v) is 30.8. The van der Waals surface area contributed by atoms with Gasteiger partial charge in [0.2, 0.25) is 0 Å². The third-order valence-corrected chi connectivity index (χ3v) is 11.3. The molecule has 0 aliphatic carbocycles. The number of hydrogen-bond donors (Lipinski definition) is 1. The van der Waals surface area contributed by atoms with Gasteiger partial charge in [-0.2, -0.15) is 10.1 Å². The number of rotatable bonds is 9. The van der Waals surface area contributed by atoms with Gasteiger partial charge < -0.3 is 9.13 Å². The van der Waals surface area contributed by atoms with E-state index < -0.39 is 0 Å². The van der Waals surface area contributed by atoms with Crippen LogP contribution < -0.4 is 5.43 Å². The van der Waals surface area contributed by atoms with Gasteiger partial charge in [0.25, 0.3) is 0 Å². The number of fused-ring (bicyclic) bond motifs is 6. The fourth-order valence-electron chi connectivity index (χ4n) is 8.67. The van der Waals surface area contributed by atoms with E-state index >= 15 is 0 Å². The van der Waals surface area contributed by atoms with Crippen molar-refractivity contribution >= 4 is 43.6 Å². The van der Waals surface area contributed by atoms with Crippen LogP contribution in [-0.2, 0) is 13.1 Å². The molecule has 3 atom stereocenters. The van der Waals surface area contributed by atoms with Crippen molar-refractivity contribution in [3.8, 4) is 22.5 Å². The fraction of sp³-hybridized carbons (Fsp3) is 0.0588. The number of nitrogens with zero attached hydrogens (tertiary/aromatic N) is 4. The van der Waals surface area contributed by atoms with Crippen molar-refractivity contribution in [2.75, 3.05) is 0 Å². The van der Waals surface area contributed by atoms with E-state index in [1.165, 1.54) is 71.4 Å². The summed E-state index contributed by atoms with van der Waals surface area (Å²) in [6.45, 7) is 1.60. The molecule has 8 aromatic carbocycles. The summed E-state index contributed by atoms with van der Waals surface area (Å²) < 4.78 is 4.85. The van der Waals surface area contributed by atoms with E-state index in [4.69, 9.17) is 0 Å². The number of nitrogens with one attached hydrogen (secondary N) is 1. The van der Waals surface area contributed by atoms with Gasteiger partial charge in [-0.05, 0) is 82.4 Å². The van der Waals surface area contributed by atoms with Gasteiger partial charge in [-0.3, -0.25) is 0 Å². The molecule has 1 saturated heterocycles. The summed E-state index contributed by atoms with van der Waals surface area (Å²) in [5.74, 6) is 0. The van der Waals surface area contributed by atoms with E-state index in [1.807, 2.05) is 0 Å². The molecule has 1 fully saturated rings. The molecule has 5 nitrogen and oxygen atoms in total. The van der Waals surface area contributed by atoms with Crippen LogP contribution in [0.4, 0.5) is 0 Å². The molecular weight excluding hydrogens is 683 g/mol. The lowest BCUT2D eigenvalue weighted by atomic mass is 10.0. The summed E-state index contributed by atoms with van der Waals surface area (Å²) in [5.41, 5.74) is 17.0. The number of para-hydroxylation sites is 3. The second kappa shape index (κ2) is 13.5. The van der Waals surface area contributed by atoms with Crippen LogP contribution in [0, 0.1) is 0 Å². The Kier molecular flexibility index (Phi) is 7.88. The van der Waals surface area contributed by atoms with Crippen LogP contribution in [-0.4, -0.2) is 19.3 Å². The SMILES string of the molecule is c1ccc(CNN2C(c3cccc(-c4cccc(-n5c6ccccc6c6cc7c8ccccc8n(-c8ccccc8)c7cc65)c4)c3)N2Cc2ccccc2)cc1. The zero-order valence-electron chi connectivity index (χ0n) is 30.8. The Morgan fingerprint density at radius 3 is 1.61 bits per heavy atom. The third kappa shape index (κ3) is 5.61. The molecule has 1 aliphatic rings. The Morgan fingerprint density at radius 2 is 0.929 bits per heavy atom. The Morgan fingerprint density at radius 1 is 0.393 bits per heavy atom. The number of hydrazine groups is 2. The van der Waals surface area contributed by atoms with Crippen LogP contribution in [0.3, 0.4) is 0 Å². The van der Waals surface area contributed by atoms with Gasteiger partial charge in [-0.15, -0.1) is 0 Å². The van der Waals surface area contributed by atoms with Crippen molar-refractivity contribution in [2.24, 2.45) is 0 Å². The maximum atomic E-state index is 3.70. The first-order valence-corrected chi connectivity index (χ1v) is 19.4. The van der Waals surface area contributed by atoms with Gasteiger partial charge in [0.05, 0.1) is 22.1 Å². The average molecular weight is 722 g/mol. The van der Waals surface area contributed by atoms with Crippen LogP contribution in [0.5, 0.6) is 0 Å². The molecular formula is C51H39N5. The van der Waals surface area contributed by atoms with Crippen molar-refractivity contribution in [1.29, 1.82) is 0 Å². The number of benzene rings is 8. The van der Waals surface area contributed by atoms with Crippen molar-refractivity contribution in [3.05, 3.63) is 217 Å². The lowest BCUT2D eigenvalue weighted by Crippen LogP contribution is -2.24. The minimum Gasteiger partial charge on any atom is -0.309 e. The van der Waals surface area contributed by atoms with Gasteiger partial charge in [0.15, 0.2) is 0 Å². The van der Waals surface area contributed by atoms with E-state index in [0.29, 0.717) is 0 Å². The first-order valence-electron chi connectivity index (χ1n) is 19.4. The molecule has 1 N–H and O–H groups in total. The number of aromatic nitrogens is 2. The predicted octanol–water partition coefficient (Wildman–Crippen LogP) is 12.0. The highest BCUT2D eigenvalue weighted by Crippen LogP contribution is 2.43. The maximum absolute atomic E-state index is 3.70. The van der Waals surface area contributed by atoms with Gasteiger partial charge in [-0.1, -0.05) is 146 Å².